The molecule has 0 radical (unpaired) electrons. The third-order valence-electron chi connectivity index (χ3n) is 10.6. The third kappa shape index (κ3) is 5.78. The van der Waals surface area contributed by atoms with Crippen molar-refractivity contribution in [3.05, 3.63) is 201 Å². The van der Waals surface area contributed by atoms with E-state index >= 15 is 0 Å². The number of hydrogen-bond acceptors (Lipinski definition) is 4. The smallest absolute Gasteiger partial charge is 0.164 e. The predicted molar refractivity (Wildman–Crippen MR) is 231 cm³/mol. The maximum atomic E-state index is 6.52. The van der Waals surface area contributed by atoms with Gasteiger partial charge in [0.15, 0.2) is 17.5 Å². The number of hydrogen-bond donors (Lipinski definition) is 0. The zero-order valence-electron chi connectivity index (χ0n) is 30.8. The van der Waals surface area contributed by atoms with Gasteiger partial charge in [-0.1, -0.05) is 158 Å². The quantitative estimate of drug-likeness (QED) is 0.147. The van der Waals surface area contributed by atoms with E-state index in [1.165, 1.54) is 10.8 Å². The van der Waals surface area contributed by atoms with Crippen LogP contribution in [0.4, 0.5) is 0 Å². The maximum Gasteiger partial charge on any atom is 0.164 e. The van der Waals surface area contributed by atoms with Crippen molar-refractivity contribution in [1.29, 1.82) is 0 Å². The second-order valence-electron chi connectivity index (χ2n) is 14.4. The zero-order valence-corrected chi connectivity index (χ0v) is 30.8. The molecule has 1 atom stereocenters. The molecule has 1 aliphatic rings. The molecule has 0 aliphatic heterocycles. The van der Waals surface area contributed by atoms with Crippen LogP contribution in [-0.2, 0) is 0 Å². The summed E-state index contributed by atoms with van der Waals surface area (Å²) >= 11 is 0. The Morgan fingerprint density at radius 3 is 2.04 bits per heavy atom. The molecule has 1 unspecified atom stereocenters. The van der Waals surface area contributed by atoms with E-state index in [-0.39, 0.29) is 5.41 Å². The first-order chi connectivity index (χ1) is 27.5. The van der Waals surface area contributed by atoms with E-state index in [0.717, 1.165) is 66.5 Å². The van der Waals surface area contributed by atoms with Gasteiger partial charge in [-0.25, -0.2) is 15.0 Å². The van der Waals surface area contributed by atoms with Crippen LogP contribution in [0.2, 0.25) is 0 Å². The highest BCUT2D eigenvalue weighted by atomic mass is 16.3. The Morgan fingerprint density at radius 2 is 1.27 bits per heavy atom. The number of fused-ring (bicyclic) bond motifs is 6. The Balaban J connectivity index is 1.15. The molecule has 3 heterocycles. The molecule has 9 aromatic rings. The predicted octanol–water partition coefficient (Wildman–Crippen LogP) is 13.1. The number of benzene rings is 6. The molecule has 0 N–H and O–H groups in total. The van der Waals surface area contributed by atoms with E-state index in [9.17, 15) is 0 Å². The molecule has 6 aromatic carbocycles. The van der Waals surface area contributed by atoms with Crippen molar-refractivity contribution in [3.8, 4) is 39.6 Å². The second kappa shape index (κ2) is 13.5. The van der Waals surface area contributed by atoms with E-state index < -0.39 is 0 Å². The van der Waals surface area contributed by atoms with Crippen LogP contribution in [0.5, 0.6) is 0 Å². The number of nitrogens with zero attached hydrogens (tertiary/aromatic N) is 4. The highest BCUT2D eigenvalue weighted by Crippen LogP contribution is 2.40. The molecule has 3 aromatic heterocycles. The van der Waals surface area contributed by atoms with E-state index in [0.29, 0.717) is 17.5 Å². The Morgan fingerprint density at radius 1 is 0.589 bits per heavy atom. The number of furan rings is 1. The lowest BCUT2D eigenvalue weighted by molar-refractivity contribution is 0.669. The average molecular weight is 721 g/mol. The van der Waals surface area contributed by atoms with Gasteiger partial charge in [0.25, 0.3) is 0 Å². The zero-order chi connectivity index (χ0) is 37.6. The first kappa shape index (κ1) is 33.2. The van der Waals surface area contributed by atoms with Crippen LogP contribution in [-0.4, -0.2) is 19.5 Å². The van der Waals surface area contributed by atoms with Crippen molar-refractivity contribution < 1.29 is 4.42 Å². The van der Waals surface area contributed by atoms with Crippen LogP contribution in [0.3, 0.4) is 0 Å². The topological polar surface area (TPSA) is 56.7 Å². The molecule has 10 rings (SSSR count). The van der Waals surface area contributed by atoms with Crippen LogP contribution in [0.1, 0.15) is 12.7 Å². The number of allylic oxidation sites excluding steroid dienone is 9. The molecule has 0 amide bonds. The minimum atomic E-state index is -0.297. The molecule has 0 bridgehead atoms. The van der Waals surface area contributed by atoms with Gasteiger partial charge in [0, 0.05) is 49.3 Å². The van der Waals surface area contributed by atoms with Crippen LogP contribution < -0.4 is 0 Å². The summed E-state index contributed by atoms with van der Waals surface area (Å²) in [6, 6.07) is 48.5. The lowest BCUT2D eigenvalue weighted by atomic mass is 9.92. The summed E-state index contributed by atoms with van der Waals surface area (Å²) in [4.78, 5) is 15.5. The molecule has 0 saturated carbocycles. The number of aromatic nitrogens is 4. The lowest BCUT2D eigenvalue weighted by Gasteiger charge is -2.13. The summed E-state index contributed by atoms with van der Waals surface area (Å²) in [5.74, 6) is 1.80. The molecule has 266 valence electrons. The molecule has 5 nitrogen and oxygen atoms in total. The fourth-order valence-electron chi connectivity index (χ4n) is 7.89. The SMILES string of the molecule is C=C/C=C\C=C/C1(C)C=CC(c2nc(-c3ccc(-c4ccccc4)cc3)nc(-c3cccc4oc5ccc(-n6c7ccccc7c7ccccc76)cc5c34)n2)=C1. The van der Waals surface area contributed by atoms with Gasteiger partial charge in [-0.2, -0.15) is 0 Å². The Labute approximate surface area is 324 Å². The molecule has 0 spiro atoms. The van der Waals surface area contributed by atoms with Gasteiger partial charge in [0.05, 0.1) is 11.0 Å². The van der Waals surface area contributed by atoms with Crippen LogP contribution >= 0.6 is 0 Å². The van der Waals surface area contributed by atoms with Crippen LogP contribution in [0.25, 0.3) is 88.9 Å². The van der Waals surface area contributed by atoms with Crippen molar-refractivity contribution in [3.63, 3.8) is 0 Å². The molecule has 0 fully saturated rings. The van der Waals surface area contributed by atoms with Gasteiger partial charge in [-0.05, 0) is 54.4 Å². The minimum absolute atomic E-state index is 0.297. The highest BCUT2D eigenvalue weighted by Gasteiger charge is 2.24. The summed E-state index contributed by atoms with van der Waals surface area (Å²) in [6.07, 6.45) is 16.4. The van der Waals surface area contributed by atoms with Gasteiger partial charge in [-0.15, -0.1) is 0 Å². The molecule has 0 saturated heterocycles. The summed E-state index contributed by atoms with van der Waals surface area (Å²) in [5, 5.41) is 4.40. The number of para-hydroxylation sites is 2. The largest absolute Gasteiger partial charge is 0.456 e. The van der Waals surface area contributed by atoms with Crippen molar-refractivity contribution in [2.75, 3.05) is 0 Å². The van der Waals surface area contributed by atoms with Gasteiger partial charge >= 0.3 is 0 Å². The average Bonchev–Trinajstić information content (AvgIpc) is 3.94. The summed E-state index contributed by atoms with van der Waals surface area (Å²) < 4.78 is 8.86. The monoisotopic (exact) mass is 720 g/mol. The van der Waals surface area contributed by atoms with E-state index in [1.54, 1.807) is 6.08 Å². The molecule has 56 heavy (non-hydrogen) atoms. The molecular formula is C51H36N4O. The van der Waals surface area contributed by atoms with E-state index in [2.05, 4.69) is 164 Å². The highest BCUT2D eigenvalue weighted by molar-refractivity contribution is 6.13. The standard InChI is InChI=1S/C51H36N4O/c1-3-4-5-13-30-51(2)31-29-37(33-51)49-52-48(36-25-23-35(24-26-36)34-15-7-6-8-16-34)53-50(54-49)41-19-14-22-46-47(41)42-32-38(27-28-45(42)56-46)55-43-20-11-9-17-39(43)40-18-10-12-21-44(40)55/h3-33H,1H2,2H3/b5-4-,30-13-. The lowest BCUT2D eigenvalue weighted by Crippen LogP contribution is -2.04. The van der Waals surface area contributed by atoms with E-state index in [4.69, 9.17) is 19.4 Å². The summed E-state index contributed by atoms with van der Waals surface area (Å²) in [6.45, 7) is 5.95. The van der Waals surface area contributed by atoms with Crippen molar-refractivity contribution in [1.82, 2.24) is 19.5 Å². The first-order valence-corrected chi connectivity index (χ1v) is 18.8. The first-order valence-electron chi connectivity index (χ1n) is 18.8. The van der Waals surface area contributed by atoms with Gasteiger partial charge in [-0.3, -0.25) is 0 Å². The van der Waals surface area contributed by atoms with Crippen LogP contribution in [0, 0.1) is 5.41 Å². The Hall–Kier alpha value is -7.37. The van der Waals surface area contributed by atoms with Gasteiger partial charge in [0.2, 0.25) is 0 Å². The van der Waals surface area contributed by atoms with Crippen molar-refractivity contribution >= 4 is 49.3 Å². The normalized spacial score (nSPS) is 15.6. The minimum Gasteiger partial charge on any atom is -0.456 e. The Bertz CT molecular complexity index is 3050. The fraction of sp³-hybridized carbons (Fsp3) is 0.0392. The summed E-state index contributed by atoms with van der Waals surface area (Å²) in [7, 11) is 0. The Kier molecular flexibility index (Phi) is 8.00. The van der Waals surface area contributed by atoms with Crippen molar-refractivity contribution in [2.45, 2.75) is 6.92 Å². The molecule has 5 heteroatoms. The second-order valence-corrected chi connectivity index (χ2v) is 14.4. The van der Waals surface area contributed by atoms with Gasteiger partial charge in [0.1, 0.15) is 11.2 Å². The molecule has 1 aliphatic carbocycles. The number of rotatable bonds is 8. The van der Waals surface area contributed by atoms with E-state index in [1.807, 2.05) is 36.4 Å². The van der Waals surface area contributed by atoms with Crippen molar-refractivity contribution in [2.24, 2.45) is 5.41 Å². The third-order valence-corrected chi connectivity index (χ3v) is 10.6. The maximum absolute atomic E-state index is 6.52. The molecular weight excluding hydrogens is 685 g/mol. The van der Waals surface area contributed by atoms with Crippen LogP contribution in [0.15, 0.2) is 199 Å². The van der Waals surface area contributed by atoms with Gasteiger partial charge < -0.3 is 8.98 Å². The summed E-state index contributed by atoms with van der Waals surface area (Å²) in [5.41, 5.74) is 9.67. The fourth-order valence-corrected chi connectivity index (χ4v) is 7.89.